The number of Topliss-reactive ketones (excluding diaryl/α,β-unsaturated/α-hetero) is 1. The molecule has 0 atom stereocenters. The van der Waals surface area contributed by atoms with Crippen LogP contribution < -0.4 is 0 Å². The number of ether oxygens (including phenoxy) is 2. The number of nitrogens with zero attached hydrogens (tertiary/aromatic N) is 2. The highest BCUT2D eigenvalue weighted by atomic mass is 16.6. The van der Waals surface area contributed by atoms with Crippen molar-refractivity contribution < 1.29 is 23.9 Å². The van der Waals surface area contributed by atoms with Gasteiger partial charge >= 0.3 is 11.9 Å². The van der Waals surface area contributed by atoms with Crippen molar-refractivity contribution in [3.05, 3.63) is 18.2 Å². The molecule has 0 saturated carbocycles. The number of aromatic nitrogens is 2. The van der Waals surface area contributed by atoms with E-state index in [-0.39, 0.29) is 18.9 Å². The Bertz CT molecular complexity index is 462. The predicted molar refractivity (Wildman–Crippen MR) is 64.3 cm³/mol. The van der Waals surface area contributed by atoms with E-state index in [2.05, 4.69) is 4.98 Å². The molecule has 1 aromatic rings. The number of ketones is 1. The molecule has 19 heavy (non-hydrogen) atoms. The summed E-state index contributed by atoms with van der Waals surface area (Å²) < 4.78 is 10.9. The van der Waals surface area contributed by atoms with Crippen molar-refractivity contribution in [3.63, 3.8) is 0 Å². The second kappa shape index (κ2) is 6.67. The van der Waals surface area contributed by atoms with Crippen LogP contribution >= 0.6 is 0 Å². The molecule has 1 rings (SSSR count). The summed E-state index contributed by atoms with van der Waals surface area (Å²) in [7, 11) is 1.59. The van der Waals surface area contributed by atoms with Crippen LogP contribution in [0.4, 0.5) is 0 Å². The fourth-order valence-corrected chi connectivity index (χ4v) is 1.50. The Labute approximate surface area is 110 Å². The second-order valence-corrected chi connectivity index (χ2v) is 3.69. The zero-order valence-electron chi connectivity index (χ0n) is 11.1. The minimum atomic E-state index is -1.60. The quantitative estimate of drug-likeness (QED) is 0.420. The maximum atomic E-state index is 12.2. The molecule has 0 aliphatic rings. The average molecular weight is 268 g/mol. The van der Waals surface area contributed by atoms with Crippen molar-refractivity contribution in [2.24, 2.45) is 13.0 Å². The van der Waals surface area contributed by atoms with Crippen LogP contribution in [0.25, 0.3) is 0 Å². The topological polar surface area (TPSA) is 87.5 Å². The van der Waals surface area contributed by atoms with Gasteiger partial charge in [0.15, 0.2) is 0 Å². The van der Waals surface area contributed by atoms with Gasteiger partial charge in [0.1, 0.15) is 5.69 Å². The molecule has 0 saturated heterocycles. The molecular formula is C12H16N2O5. The number of rotatable bonds is 6. The summed E-state index contributed by atoms with van der Waals surface area (Å²) in [4.78, 5) is 39.4. The van der Waals surface area contributed by atoms with Gasteiger partial charge in [0, 0.05) is 7.05 Å². The number of esters is 2. The Morgan fingerprint density at radius 1 is 1.21 bits per heavy atom. The monoisotopic (exact) mass is 268 g/mol. The van der Waals surface area contributed by atoms with Crippen LogP contribution in [0, 0.1) is 5.92 Å². The fourth-order valence-electron chi connectivity index (χ4n) is 1.50. The van der Waals surface area contributed by atoms with E-state index in [1.54, 1.807) is 20.9 Å². The van der Waals surface area contributed by atoms with Crippen molar-refractivity contribution in [3.8, 4) is 0 Å². The van der Waals surface area contributed by atoms with Crippen LogP contribution in [-0.4, -0.2) is 40.5 Å². The van der Waals surface area contributed by atoms with Crippen LogP contribution in [0.1, 0.15) is 24.3 Å². The van der Waals surface area contributed by atoms with Crippen LogP contribution in [0.2, 0.25) is 0 Å². The van der Waals surface area contributed by atoms with E-state index in [4.69, 9.17) is 9.47 Å². The van der Waals surface area contributed by atoms with Gasteiger partial charge in [0.25, 0.3) is 0 Å². The zero-order valence-corrected chi connectivity index (χ0v) is 11.1. The Morgan fingerprint density at radius 3 is 2.11 bits per heavy atom. The third kappa shape index (κ3) is 3.40. The average Bonchev–Trinajstić information content (AvgIpc) is 2.76. The highest BCUT2D eigenvalue weighted by molar-refractivity contribution is 6.20. The van der Waals surface area contributed by atoms with Gasteiger partial charge in [-0.3, -0.25) is 14.4 Å². The van der Waals surface area contributed by atoms with Crippen molar-refractivity contribution in [1.29, 1.82) is 0 Å². The minimum Gasteiger partial charge on any atom is -0.465 e. The third-order valence-corrected chi connectivity index (χ3v) is 2.38. The summed E-state index contributed by atoms with van der Waals surface area (Å²) in [6.07, 6.45) is 2.69. The molecule has 104 valence electrons. The molecule has 0 aliphatic heterocycles. The standard InChI is InChI=1S/C12H16N2O5/c1-4-18-11(16)9(12(17)19-5-2)10(15)8-6-13-7-14(8)3/h6-7,9H,4-5H2,1-3H3. The predicted octanol–water partition coefficient (Wildman–Crippen LogP) is 0.345. The van der Waals surface area contributed by atoms with E-state index < -0.39 is 23.6 Å². The first-order valence-electron chi connectivity index (χ1n) is 5.86. The maximum Gasteiger partial charge on any atom is 0.328 e. The molecule has 0 bridgehead atoms. The first kappa shape index (κ1) is 14.9. The molecule has 0 aromatic carbocycles. The lowest BCUT2D eigenvalue weighted by molar-refractivity contribution is -0.158. The lowest BCUT2D eigenvalue weighted by Crippen LogP contribution is -2.35. The van der Waals surface area contributed by atoms with Gasteiger partial charge < -0.3 is 14.0 Å². The van der Waals surface area contributed by atoms with E-state index in [0.717, 1.165) is 0 Å². The van der Waals surface area contributed by atoms with Gasteiger partial charge in [-0.05, 0) is 13.8 Å². The van der Waals surface area contributed by atoms with Crippen LogP contribution in [0.3, 0.4) is 0 Å². The highest BCUT2D eigenvalue weighted by Gasteiger charge is 2.38. The Morgan fingerprint density at radius 2 is 1.74 bits per heavy atom. The van der Waals surface area contributed by atoms with Crippen molar-refractivity contribution in [2.45, 2.75) is 13.8 Å². The van der Waals surface area contributed by atoms with Gasteiger partial charge in [-0.1, -0.05) is 0 Å². The number of hydrogen-bond acceptors (Lipinski definition) is 6. The molecule has 1 heterocycles. The first-order chi connectivity index (χ1) is 9.02. The number of hydrogen-bond donors (Lipinski definition) is 0. The summed E-state index contributed by atoms with van der Waals surface area (Å²) in [5, 5.41) is 0. The van der Waals surface area contributed by atoms with Crippen molar-refractivity contribution >= 4 is 17.7 Å². The number of carbonyl (C=O) groups excluding carboxylic acids is 3. The summed E-state index contributed by atoms with van der Waals surface area (Å²) in [6.45, 7) is 3.34. The molecule has 0 spiro atoms. The summed E-state index contributed by atoms with van der Waals surface area (Å²) in [6, 6.07) is 0. The zero-order chi connectivity index (χ0) is 14.4. The molecule has 0 aliphatic carbocycles. The molecule has 0 radical (unpaired) electrons. The van der Waals surface area contributed by atoms with E-state index in [1.165, 1.54) is 17.1 Å². The van der Waals surface area contributed by atoms with Gasteiger partial charge in [-0.2, -0.15) is 0 Å². The summed E-state index contributed by atoms with van der Waals surface area (Å²) in [5.74, 6) is -4.11. The maximum absolute atomic E-state index is 12.2. The Hall–Kier alpha value is -2.18. The lowest BCUT2D eigenvalue weighted by atomic mass is 10.0. The van der Waals surface area contributed by atoms with E-state index in [9.17, 15) is 14.4 Å². The molecule has 0 N–H and O–H groups in total. The Kier molecular flexibility index (Phi) is 5.23. The first-order valence-corrected chi connectivity index (χ1v) is 5.86. The van der Waals surface area contributed by atoms with Crippen LogP contribution in [-0.2, 0) is 26.1 Å². The third-order valence-electron chi connectivity index (χ3n) is 2.38. The fraction of sp³-hybridized carbons (Fsp3) is 0.500. The SMILES string of the molecule is CCOC(=O)C(C(=O)OCC)C(=O)c1cncn1C. The van der Waals surface area contributed by atoms with Gasteiger partial charge in [-0.15, -0.1) is 0 Å². The van der Waals surface area contributed by atoms with E-state index >= 15 is 0 Å². The highest BCUT2D eigenvalue weighted by Crippen LogP contribution is 2.12. The number of carbonyl (C=O) groups is 3. The normalized spacial score (nSPS) is 10.3. The lowest BCUT2D eigenvalue weighted by Gasteiger charge is -2.13. The molecule has 7 nitrogen and oxygen atoms in total. The summed E-state index contributed by atoms with van der Waals surface area (Å²) >= 11 is 0. The van der Waals surface area contributed by atoms with E-state index in [0.29, 0.717) is 0 Å². The molecule has 0 amide bonds. The van der Waals surface area contributed by atoms with Crippen molar-refractivity contribution in [1.82, 2.24) is 9.55 Å². The summed E-state index contributed by atoms with van der Waals surface area (Å²) in [5.41, 5.74) is 0.145. The Balaban J connectivity index is 3.03. The van der Waals surface area contributed by atoms with Crippen LogP contribution in [0.15, 0.2) is 12.5 Å². The molecule has 0 unspecified atom stereocenters. The largest absolute Gasteiger partial charge is 0.465 e. The van der Waals surface area contributed by atoms with Gasteiger partial charge in [0.2, 0.25) is 11.7 Å². The minimum absolute atomic E-state index is 0.0768. The van der Waals surface area contributed by atoms with Gasteiger partial charge in [-0.25, -0.2) is 4.98 Å². The number of aryl methyl sites for hydroxylation is 1. The van der Waals surface area contributed by atoms with Crippen LogP contribution in [0.5, 0.6) is 0 Å². The van der Waals surface area contributed by atoms with Gasteiger partial charge in [0.05, 0.1) is 25.7 Å². The molecule has 1 aromatic heterocycles. The number of imidazole rings is 1. The van der Waals surface area contributed by atoms with E-state index in [1.807, 2.05) is 0 Å². The second-order valence-electron chi connectivity index (χ2n) is 3.69. The van der Waals surface area contributed by atoms with Crippen molar-refractivity contribution in [2.75, 3.05) is 13.2 Å². The molecule has 0 fully saturated rings. The molecular weight excluding hydrogens is 252 g/mol. The smallest absolute Gasteiger partial charge is 0.328 e. The molecule has 7 heteroatoms.